The third-order valence-corrected chi connectivity index (χ3v) is 3.55. The van der Waals surface area contributed by atoms with Crippen LogP contribution in [0.25, 0.3) is 22.2 Å². The second-order valence-electron chi connectivity index (χ2n) is 5.04. The van der Waals surface area contributed by atoms with E-state index in [0.717, 1.165) is 39.8 Å². The Hall–Kier alpha value is -2.55. The average molecular weight is 279 g/mol. The number of aromatic nitrogens is 1. The number of benzene rings is 2. The van der Waals surface area contributed by atoms with Crippen molar-refractivity contribution in [2.45, 2.75) is 13.8 Å². The van der Waals surface area contributed by atoms with Gasteiger partial charge in [-0.15, -0.1) is 0 Å². The van der Waals surface area contributed by atoms with Crippen LogP contribution in [0.5, 0.6) is 5.75 Å². The van der Waals surface area contributed by atoms with E-state index < -0.39 is 0 Å². The minimum absolute atomic E-state index is 0.608. The van der Waals surface area contributed by atoms with Crippen LogP contribution in [0.4, 0.5) is 0 Å². The summed E-state index contributed by atoms with van der Waals surface area (Å²) in [5.74, 6) is 0.780. The first kappa shape index (κ1) is 13.4. The molecular weight excluding hydrogens is 262 g/mol. The molecule has 1 heterocycles. The Balaban J connectivity index is 2.21. The van der Waals surface area contributed by atoms with Crippen LogP contribution in [0.1, 0.15) is 22.8 Å². The lowest BCUT2D eigenvalue weighted by molar-refractivity contribution is 0.112. The smallest absolute Gasteiger partial charge is 0.152 e. The number of aromatic amines is 1. The summed E-state index contributed by atoms with van der Waals surface area (Å²) in [6.07, 6.45) is 0.909. The molecule has 21 heavy (non-hydrogen) atoms. The van der Waals surface area contributed by atoms with Gasteiger partial charge in [0.2, 0.25) is 0 Å². The summed E-state index contributed by atoms with van der Waals surface area (Å²) in [4.78, 5) is 14.9. The maximum absolute atomic E-state index is 11.6. The van der Waals surface area contributed by atoms with E-state index in [1.807, 2.05) is 50.2 Å². The minimum Gasteiger partial charge on any atom is -0.494 e. The minimum atomic E-state index is 0.608. The van der Waals surface area contributed by atoms with Crippen molar-refractivity contribution >= 4 is 17.2 Å². The maximum atomic E-state index is 11.6. The predicted molar refractivity (Wildman–Crippen MR) is 85.0 cm³/mol. The second kappa shape index (κ2) is 5.44. The Morgan fingerprint density at radius 2 is 2.05 bits per heavy atom. The van der Waals surface area contributed by atoms with Crippen molar-refractivity contribution in [3.05, 3.63) is 53.6 Å². The van der Waals surface area contributed by atoms with E-state index >= 15 is 0 Å². The summed E-state index contributed by atoms with van der Waals surface area (Å²) in [5, 5.41) is 0.896. The number of hydrogen-bond acceptors (Lipinski definition) is 2. The van der Waals surface area contributed by atoms with E-state index in [4.69, 9.17) is 4.74 Å². The van der Waals surface area contributed by atoms with Crippen LogP contribution in [0.3, 0.4) is 0 Å². The Bertz CT molecular complexity index is 802. The standard InChI is InChI=1S/C18H17NO2/c1-3-21-14-7-8-17-15(10-14)16(11-20)18(19-17)13-6-4-5-12(2)9-13/h4-11,19H,3H2,1-2H3. The first-order valence-electron chi connectivity index (χ1n) is 7.03. The zero-order valence-corrected chi connectivity index (χ0v) is 12.1. The largest absolute Gasteiger partial charge is 0.494 e. The monoisotopic (exact) mass is 279 g/mol. The van der Waals surface area contributed by atoms with Crippen LogP contribution >= 0.6 is 0 Å². The summed E-state index contributed by atoms with van der Waals surface area (Å²) in [6.45, 7) is 4.59. The molecule has 0 aliphatic carbocycles. The summed E-state index contributed by atoms with van der Waals surface area (Å²) in [7, 11) is 0. The number of carbonyl (C=O) groups is 1. The van der Waals surface area contributed by atoms with Crippen LogP contribution in [0.2, 0.25) is 0 Å². The molecule has 0 bridgehead atoms. The third kappa shape index (κ3) is 2.42. The van der Waals surface area contributed by atoms with Gasteiger partial charge in [0.05, 0.1) is 12.3 Å². The van der Waals surface area contributed by atoms with E-state index in [0.29, 0.717) is 12.2 Å². The quantitative estimate of drug-likeness (QED) is 0.721. The normalized spacial score (nSPS) is 10.8. The van der Waals surface area contributed by atoms with Gasteiger partial charge >= 0.3 is 0 Å². The van der Waals surface area contributed by atoms with Gasteiger partial charge in [-0.25, -0.2) is 0 Å². The van der Waals surface area contributed by atoms with Gasteiger partial charge in [0.25, 0.3) is 0 Å². The van der Waals surface area contributed by atoms with Crippen molar-refractivity contribution in [3.63, 3.8) is 0 Å². The highest BCUT2D eigenvalue weighted by Crippen LogP contribution is 2.31. The highest BCUT2D eigenvalue weighted by molar-refractivity contribution is 6.04. The fraction of sp³-hybridized carbons (Fsp3) is 0.167. The topological polar surface area (TPSA) is 42.1 Å². The van der Waals surface area contributed by atoms with Crippen LogP contribution in [0, 0.1) is 6.92 Å². The Kier molecular flexibility index (Phi) is 3.48. The molecule has 1 N–H and O–H groups in total. The Morgan fingerprint density at radius 1 is 1.19 bits per heavy atom. The lowest BCUT2D eigenvalue weighted by Gasteiger charge is -2.02. The molecule has 0 saturated carbocycles. The Labute approximate surface area is 123 Å². The van der Waals surface area contributed by atoms with Crippen molar-refractivity contribution in [3.8, 4) is 17.0 Å². The van der Waals surface area contributed by atoms with Gasteiger partial charge in [-0.1, -0.05) is 23.8 Å². The van der Waals surface area contributed by atoms with Crippen molar-refractivity contribution in [1.82, 2.24) is 4.98 Å². The molecule has 3 aromatic rings. The summed E-state index contributed by atoms with van der Waals surface area (Å²) in [6, 6.07) is 13.9. The molecule has 3 nitrogen and oxygen atoms in total. The summed E-state index contributed by atoms with van der Waals surface area (Å²) < 4.78 is 5.52. The maximum Gasteiger partial charge on any atom is 0.152 e. The van der Waals surface area contributed by atoms with Gasteiger partial charge in [0.15, 0.2) is 6.29 Å². The van der Waals surface area contributed by atoms with Crippen molar-refractivity contribution < 1.29 is 9.53 Å². The molecule has 0 radical (unpaired) electrons. The van der Waals surface area contributed by atoms with Gasteiger partial charge in [0.1, 0.15) is 5.75 Å². The van der Waals surface area contributed by atoms with Crippen LogP contribution < -0.4 is 4.74 Å². The van der Waals surface area contributed by atoms with E-state index in [9.17, 15) is 4.79 Å². The van der Waals surface area contributed by atoms with E-state index in [-0.39, 0.29) is 0 Å². The van der Waals surface area contributed by atoms with Crippen molar-refractivity contribution in [1.29, 1.82) is 0 Å². The van der Waals surface area contributed by atoms with Crippen molar-refractivity contribution in [2.75, 3.05) is 6.61 Å². The Morgan fingerprint density at radius 3 is 2.76 bits per heavy atom. The number of rotatable bonds is 4. The molecule has 0 fully saturated rings. The molecule has 0 aliphatic rings. The number of carbonyl (C=O) groups excluding carboxylic acids is 1. The lowest BCUT2D eigenvalue weighted by atomic mass is 10.0. The molecule has 106 valence electrons. The van der Waals surface area contributed by atoms with Gasteiger partial charge in [0, 0.05) is 16.5 Å². The number of hydrogen-bond donors (Lipinski definition) is 1. The van der Waals surface area contributed by atoms with Crippen LogP contribution in [-0.4, -0.2) is 17.9 Å². The van der Waals surface area contributed by atoms with Crippen molar-refractivity contribution in [2.24, 2.45) is 0 Å². The van der Waals surface area contributed by atoms with Gasteiger partial charge in [-0.3, -0.25) is 4.79 Å². The number of nitrogens with one attached hydrogen (secondary N) is 1. The molecule has 0 spiro atoms. The predicted octanol–water partition coefficient (Wildman–Crippen LogP) is 4.35. The zero-order chi connectivity index (χ0) is 14.8. The van der Waals surface area contributed by atoms with Crippen LogP contribution in [0.15, 0.2) is 42.5 Å². The molecule has 0 atom stereocenters. The van der Waals surface area contributed by atoms with E-state index in [1.165, 1.54) is 0 Å². The second-order valence-corrected chi connectivity index (χ2v) is 5.04. The molecular formula is C18H17NO2. The molecule has 0 amide bonds. The molecule has 0 aliphatic heterocycles. The zero-order valence-electron chi connectivity index (χ0n) is 12.1. The third-order valence-electron chi connectivity index (χ3n) is 3.55. The first-order valence-corrected chi connectivity index (χ1v) is 7.03. The SMILES string of the molecule is CCOc1ccc2[nH]c(-c3cccc(C)c3)c(C=O)c2c1. The highest BCUT2D eigenvalue weighted by Gasteiger charge is 2.13. The highest BCUT2D eigenvalue weighted by atomic mass is 16.5. The van der Waals surface area contributed by atoms with E-state index in [2.05, 4.69) is 11.1 Å². The number of aldehydes is 1. The molecule has 1 aromatic heterocycles. The fourth-order valence-electron chi connectivity index (χ4n) is 2.60. The average Bonchev–Trinajstić information content (AvgIpc) is 2.85. The van der Waals surface area contributed by atoms with Gasteiger partial charge in [-0.2, -0.15) is 0 Å². The van der Waals surface area contributed by atoms with Crippen LogP contribution in [-0.2, 0) is 0 Å². The molecule has 0 unspecified atom stereocenters. The molecule has 3 heteroatoms. The fourth-order valence-corrected chi connectivity index (χ4v) is 2.60. The van der Waals surface area contributed by atoms with Gasteiger partial charge < -0.3 is 9.72 Å². The summed E-state index contributed by atoms with van der Waals surface area (Å²) >= 11 is 0. The first-order chi connectivity index (χ1) is 10.2. The van der Waals surface area contributed by atoms with E-state index in [1.54, 1.807) is 0 Å². The van der Waals surface area contributed by atoms with Gasteiger partial charge in [-0.05, 0) is 43.7 Å². The molecule has 2 aromatic carbocycles. The number of aryl methyl sites for hydroxylation is 1. The molecule has 0 saturated heterocycles. The number of fused-ring (bicyclic) bond motifs is 1. The molecule has 3 rings (SSSR count). The summed E-state index contributed by atoms with van der Waals surface area (Å²) in [5.41, 5.74) is 4.66. The lowest BCUT2D eigenvalue weighted by Crippen LogP contribution is -1.90. The number of ether oxygens (including phenoxy) is 1. The number of H-pyrrole nitrogens is 1.